The van der Waals surface area contributed by atoms with Crippen molar-refractivity contribution in [3.63, 3.8) is 0 Å². The molecule has 234 valence electrons. The van der Waals surface area contributed by atoms with E-state index in [9.17, 15) is 14.9 Å². The number of nitriles is 1. The fourth-order valence-corrected chi connectivity index (χ4v) is 9.44. The normalized spacial score (nSPS) is 44.9. The number of hydrogen-bond acceptors (Lipinski definition) is 6. The zero-order valence-corrected chi connectivity index (χ0v) is 25.1. The highest BCUT2D eigenvalue weighted by molar-refractivity contribution is 5.77. The number of hydrogen-bond donors (Lipinski definition) is 4. The summed E-state index contributed by atoms with van der Waals surface area (Å²) < 4.78 is 32.2. The number of alkyl halides is 2. The topological polar surface area (TPSA) is 113 Å². The summed E-state index contributed by atoms with van der Waals surface area (Å²) in [6, 6.07) is 0.764. The number of piperidine rings is 3. The lowest BCUT2D eigenvalue weighted by molar-refractivity contribution is -0.125. The molecule has 6 aliphatic rings. The maximum atomic E-state index is 16.4. The van der Waals surface area contributed by atoms with Gasteiger partial charge in [-0.15, -0.1) is 0 Å². The minimum absolute atomic E-state index is 0.0207. The Labute approximate surface area is 248 Å². The van der Waals surface area contributed by atoms with Crippen molar-refractivity contribution in [2.24, 2.45) is 29.6 Å². The molecule has 5 saturated heterocycles. The summed E-state index contributed by atoms with van der Waals surface area (Å²) in [5, 5.41) is 23.0. The number of carbonyl (C=O) groups is 2. The summed E-state index contributed by atoms with van der Waals surface area (Å²) >= 11 is 0. The lowest BCUT2D eigenvalue weighted by atomic mass is 9.71. The molecule has 4 N–H and O–H groups in total. The second kappa shape index (κ2) is 12.5. The second-order valence-corrected chi connectivity index (χ2v) is 14.2. The van der Waals surface area contributed by atoms with Crippen LogP contribution in [0.2, 0.25) is 0 Å². The predicted octanol–water partition coefficient (Wildman–Crippen LogP) is 3.03. The van der Waals surface area contributed by atoms with E-state index in [1.807, 2.05) is 4.90 Å². The summed E-state index contributed by atoms with van der Waals surface area (Å²) in [7, 11) is 0. The Bertz CT molecular complexity index is 1040. The minimum atomic E-state index is -1.31. The van der Waals surface area contributed by atoms with Crippen LogP contribution in [0.4, 0.5) is 13.6 Å². The summed E-state index contributed by atoms with van der Waals surface area (Å²) in [6.07, 6.45) is 2.77. The Morgan fingerprint density at radius 2 is 1.86 bits per heavy atom. The maximum Gasteiger partial charge on any atom is 0.320 e. The second-order valence-electron chi connectivity index (χ2n) is 14.2. The van der Waals surface area contributed by atoms with Crippen LogP contribution in [0.5, 0.6) is 0 Å². The molecule has 0 spiro atoms. The van der Waals surface area contributed by atoms with Crippen molar-refractivity contribution in [1.82, 2.24) is 31.1 Å². The monoisotopic (exact) mass is 589 g/mol. The number of nitrogens with zero attached hydrogens (tertiary/aromatic N) is 3. The smallest absolute Gasteiger partial charge is 0.320 e. The van der Waals surface area contributed by atoms with Gasteiger partial charge < -0.3 is 20.9 Å². The number of amides is 3. The first-order valence-electron chi connectivity index (χ1n) is 16.5. The average molecular weight is 590 g/mol. The third-order valence-electron chi connectivity index (χ3n) is 11.4. The van der Waals surface area contributed by atoms with Crippen LogP contribution in [0.1, 0.15) is 78.1 Å². The molecular weight excluding hydrogens is 540 g/mol. The first-order valence-corrected chi connectivity index (χ1v) is 16.5. The van der Waals surface area contributed by atoms with Gasteiger partial charge in [0.1, 0.15) is 12.3 Å². The number of carbonyl (C=O) groups excluding carboxylic acids is 2. The summed E-state index contributed by atoms with van der Waals surface area (Å²) in [4.78, 5) is 31.7. The van der Waals surface area contributed by atoms with Gasteiger partial charge in [-0.1, -0.05) is 13.8 Å². The van der Waals surface area contributed by atoms with Crippen LogP contribution in [0.15, 0.2) is 0 Å². The quantitative estimate of drug-likeness (QED) is 0.403. The van der Waals surface area contributed by atoms with Crippen molar-refractivity contribution in [3.05, 3.63) is 0 Å². The highest BCUT2D eigenvalue weighted by atomic mass is 19.1. The molecule has 6 fully saturated rings. The molecule has 0 aromatic rings. The van der Waals surface area contributed by atoms with Crippen molar-refractivity contribution in [1.29, 1.82) is 5.26 Å². The van der Waals surface area contributed by atoms with E-state index in [4.69, 9.17) is 0 Å². The molecule has 11 heteroatoms. The van der Waals surface area contributed by atoms with E-state index >= 15 is 8.78 Å². The Morgan fingerprint density at radius 3 is 2.64 bits per heavy atom. The fourth-order valence-electron chi connectivity index (χ4n) is 9.44. The molecular formula is C31H49F2N7O2. The van der Waals surface area contributed by atoms with Crippen LogP contribution in [0.3, 0.4) is 0 Å². The largest absolute Gasteiger partial charge is 0.353 e. The van der Waals surface area contributed by atoms with E-state index in [-0.39, 0.29) is 60.3 Å². The lowest BCUT2D eigenvalue weighted by Gasteiger charge is -2.60. The molecule has 12 atom stereocenters. The number of urea groups is 1. The molecule has 3 amide bonds. The molecule has 6 rings (SSSR count). The van der Waals surface area contributed by atoms with Gasteiger partial charge in [0.05, 0.1) is 24.4 Å². The molecule has 2 bridgehead atoms. The van der Waals surface area contributed by atoms with Crippen LogP contribution in [-0.2, 0) is 4.79 Å². The highest BCUT2D eigenvalue weighted by Gasteiger charge is 2.57. The van der Waals surface area contributed by atoms with Gasteiger partial charge in [-0.25, -0.2) is 13.6 Å². The number of nitrogens with one attached hydrogen (secondary N) is 4. The number of halogens is 2. The molecule has 0 radical (unpaired) electrons. The molecule has 5 aliphatic heterocycles. The van der Waals surface area contributed by atoms with Gasteiger partial charge in [0.15, 0.2) is 0 Å². The standard InChI is InChI=1S/C31H49F2N7O2/c1-17(2)26-28-19(11-13-35-26)8-9-24(41)36-23-7-3-6-21(32)25(23)27-22(33)15-20-29(38-31(42)40(28)30(20)37-27)39-14-4-5-18(16-39)10-12-34/h17-23,25-30,35,37H,3-11,13-16H2,1-2H3,(H,36,41)(H,38,42)/t18-,19?,20?,21?,22?,23?,25?,26?,27?,28?,29?,30?/m0/s1. The predicted molar refractivity (Wildman–Crippen MR) is 154 cm³/mol. The molecule has 42 heavy (non-hydrogen) atoms. The van der Waals surface area contributed by atoms with Gasteiger partial charge in [-0.05, 0) is 75.7 Å². The van der Waals surface area contributed by atoms with E-state index in [1.54, 1.807) is 0 Å². The van der Waals surface area contributed by atoms with E-state index < -0.39 is 36.5 Å². The molecule has 1 aliphatic carbocycles. The first kappa shape index (κ1) is 30.0. The van der Waals surface area contributed by atoms with Crippen molar-refractivity contribution in [2.75, 3.05) is 19.6 Å². The Balaban J connectivity index is 1.40. The van der Waals surface area contributed by atoms with Gasteiger partial charge in [-0.2, -0.15) is 5.26 Å². The fraction of sp³-hybridized carbons (Fsp3) is 0.903. The average Bonchev–Trinajstić information content (AvgIpc) is 2.96. The van der Waals surface area contributed by atoms with Crippen molar-refractivity contribution in [2.45, 2.75) is 127 Å². The van der Waals surface area contributed by atoms with Crippen molar-refractivity contribution in [3.8, 4) is 6.07 Å². The third kappa shape index (κ3) is 5.63. The number of likely N-dealkylation sites (tertiary alicyclic amines) is 1. The van der Waals surface area contributed by atoms with Crippen molar-refractivity contribution < 1.29 is 18.4 Å². The Morgan fingerprint density at radius 1 is 1.02 bits per heavy atom. The van der Waals surface area contributed by atoms with E-state index in [2.05, 4.69) is 46.1 Å². The number of rotatable bonds is 3. The van der Waals surface area contributed by atoms with Gasteiger partial charge in [0.2, 0.25) is 5.91 Å². The van der Waals surface area contributed by atoms with E-state index in [0.29, 0.717) is 45.1 Å². The molecule has 9 nitrogen and oxygen atoms in total. The van der Waals surface area contributed by atoms with Crippen LogP contribution >= 0.6 is 0 Å². The minimum Gasteiger partial charge on any atom is -0.353 e. The summed E-state index contributed by atoms with van der Waals surface area (Å²) in [5.74, 6) is -0.428. The van der Waals surface area contributed by atoms with Gasteiger partial charge in [-0.3, -0.25) is 15.0 Å². The molecule has 1 saturated carbocycles. The van der Waals surface area contributed by atoms with Crippen LogP contribution in [-0.4, -0.2) is 90.2 Å². The van der Waals surface area contributed by atoms with Gasteiger partial charge in [0.25, 0.3) is 0 Å². The summed E-state index contributed by atoms with van der Waals surface area (Å²) in [5.41, 5.74) is 0. The zero-order chi connectivity index (χ0) is 29.5. The van der Waals surface area contributed by atoms with Crippen LogP contribution in [0, 0.1) is 40.9 Å². The van der Waals surface area contributed by atoms with Crippen LogP contribution < -0.4 is 21.3 Å². The SMILES string of the molecule is CC(C)C1NCCC2CCC(=O)NC3CCCC(F)C3C3NC4C(CC3F)C(N3CCC[C@@H](CC#N)C3)NC(=O)N4C21. The van der Waals surface area contributed by atoms with Crippen LogP contribution in [0.25, 0.3) is 0 Å². The Kier molecular flexibility index (Phi) is 8.95. The molecule has 0 aromatic carbocycles. The van der Waals surface area contributed by atoms with E-state index in [0.717, 1.165) is 32.4 Å². The molecule has 0 aromatic heterocycles. The van der Waals surface area contributed by atoms with E-state index in [1.165, 1.54) is 0 Å². The maximum absolute atomic E-state index is 16.4. The zero-order valence-electron chi connectivity index (χ0n) is 25.1. The highest BCUT2D eigenvalue weighted by Crippen LogP contribution is 2.43. The lowest BCUT2D eigenvalue weighted by Crippen LogP contribution is -2.79. The summed E-state index contributed by atoms with van der Waals surface area (Å²) in [6.45, 7) is 6.63. The van der Waals surface area contributed by atoms with Gasteiger partial charge in [0, 0.05) is 55.9 Å². The molecule has 5 heterocycles. The number of fused-ring (bicyclic) bond motifs is 5. The van der Waals surface area contributed by atoms with Crippen molar-refractivity contribution >= 4 is 11.9 Å². The molecule has 11 unspecified atom stereocenters. The first-order chi connectivity index (χ1) is 20.3. The van der Waals surface area contributed by atoms with Gasteiger partial charge >= 0.3 is 6.03 Å². The third-order valence-corrected chi connectivity index (χ3v) is 11.4. The Hall–Kier alpha value is -2.03.